The number of carbonyl (C=O) groups excluding carboxylic acids is 2. The molecule has 3 heterocycles. The molecule has 1 saturated carbocycles. The van der Waals surface area contributed by atoms with Crippen molar-refractivity contribution in [3.8, 4) is 17.0 Å². The van der Waals surface area contributed by atoms with Crippen LogP contribution in [0.4, 0.5) is 5.95 Å². The Morgan fingerprint density at radius 3 is 2.57 bits per heavy atom. The zero-order valence-corrected chi connectivity index (χ0v) is 28.4. The second kappa shape index (κ2) is 15.5. The van der Waals surface area contributed by atoms with E-state index in [-0.39, 0.29) is 41.6 Å². The molecule has 5 rings (SSSR count). The van der Waals surface area contributed by atoms with E-state index >= 15 is 0 Å². The van der Waals surface area contributed by atoms with Crippen LogP contribution in [-0.4, -0.2) is 90.0 Å². The number of esters is 1. The van der Waals surface area contributed by atoms with E-state index in [9.17, 15) is 18.0 Å². The molecule has 12 nitrogen and oxygen atoms in total. The standard InChI is InChI=1S/C34H48N6O6S/c1-4-22(2)31(35)33(42)46-25-14-17-40(18-15-25)32(41)23-9-11-24(12-10-23)38-34-36-16-13-27(39-34)26-21-37-28-7-5-8-29(30(26)28)45-19-6-20-47(3,43)44/h5,7-8,13,16,21-25,31,37H,4,6,9-12,14-15,17-20,35H2,1-3H3,(H,36,38,39)/t22-,23?,24?,31+/m0/s1. The van der Waals surface area contributed by atoms with Gasteiger partial charge in [-0.2, -0.15) is 0 Å². The Labute approximate surface area is 277 Å². The van der Waals surface area contributed by atoms with Gasteiger partial charge in [-0.15, -0.1) is 0 Å². The molecule has 0 bridgehead atoms. The first-order valence-corrected chi connectivity index (χ1v) is 18.8. The van der Waals surface area contributed by atoms with E-state index in [2.05, 4.69) is 15.3 Å². The van der Waals surface area contributed by atoms with Crippen molar-refractivity contribution in [1.82, 2.24) is 19.9 Å². The van der Waals surface area contributed by atoms with E-state index in [0.29, 0.717) is 50.7 Å². The summed E-state index contributed by atoms with van der Waals surface area (Å²) in [5.41, 5.74) is 8.54. The van der Waals surface area contributed by atoms with Crippen LogP contribution in [0.3, 0.4) is 0 Å². The molecule has 1 aliphatic heterocycles. The van der Waals surface area contributed by atoms with Crippen molar-refractivity contribution < 1.29 is 27.5 Å². The summed E-state index contributed by atoms with van der Waals surface area (Å²) < 4.78 is 34.7. The zero-order valence-electron chi connectivity index (χ0n) is 27.6. The van der Waals surface area contributed by atoms with Gasteiger partial charge in [-0.25, -0.2) is 18.4 Å². The van der Waals surface area contributed by atoms with Crippen LogP contribution < -0.4 is 15.8 Å². The highest BCUT2D eigenvalue weighted by molar-refractivity contribution is 7.90. The molecule has 0 spiro atoms. The highest BCUT2D eigenvalue weighted by Crippen LogP contribution is 2.35. The molecule has 1 saturated heterocycles. The number of likely N-dealkylation sites (tertiary alicyclic amines) is 1. The highest BCUT2D eigenvalue weighted by atomic mass is 32.2. The van der Waals surface area contributed by atoms with Gasteiger partial charge >= 0.3 is 5.97 Å². The highest BCUT2D eigenvalue weighted by Gasteiger charge is 2.33. The maximum Gasteiger partial charge on any atom is 0.323 e. The summed E-state index contributed by atoms with van der Waals surface area (Å²) >= 11 is 0. The largest absolute Gasteiger partial charge is 0.493 e. The van der Waals surface area contributed by atoms with Gasteiger partial charge in [0.25, 0.3) is 0 Å². The van der Waals surface area contributed by atoms with Crippen LogP contribution in [0, 0.1) is 11.8 Å². The van der Waals surface area contributed by atoms with Crippen LogP contribution in [0.2, 0.25) is 0 Å². The van der Waals surface area contributed by atoms with Gasteiger partial charge < -0.3 is 30.4 Å². The number of carbonyl (C=O) groups is 2. The van der Waals surface area contributed by atoms with Crippen LogP contribution in [-0.2, 0) is 24.2 Å². The average molecular weight is 669 g/mol. The van der Waals surface area contributed by atoms with E-state index in [4.69, 9.17) is 20.2 Å². The predicted octanol–water partition coefficient (Wildman–Crippen LogP) is 4.32. The number of nitrogens with one attached hydrogen (secondary N) is 2. The Morgan fingerprint density at radius 2 is 1.87 bits per heavy atom. The summed E-state index contributed by atoms with van der Waals surface area (Å²) in [5, 5.41) is 4.36. The summed E-state index contributed by atoms with van der Waals surface area (Å²) in [6, 6.07) is 7.14. The molecule has 2 aromatic heterocycles. The van der Waals surface area contributed by atoms with E-state index < -0.39 is 15.9 Å². The van der Waals surface area contributed by atoms with Crippen molar-refractivity contribution in [2.24, 2.45) is 17.6 Å². The number of amides is 1. The minimum absolute atomic E-state index is 0.0136. The molecule has 2 atom stereocenters. The minimum Gasteiger partial charge on any atom is -0.493 e. The van der Waals surface area contributed by atoms with Gasteiger partial charge in [0.05, 0.1) is 23.4 Å². The van der Waals surface area contributed by atoms with Crippen LogP contribution in [0.25, 0.3) is 22.2 Å². The number of benzene rings is 1. The minimum atomic E-state index is -3.05. The lowest BCUT2D eigenvalue weighted by molar-refractivity contribution is -0.155. The van der Waals surface area contributed by atoms with E-state index in [1.165, 1.54) is 6.26 Å². The molecule has 1 aromatic carbocycles. The first-order chi connectivity index (χ1) is 22.5. The first-order valence-electron chi connectivity index (χ1n) is 16.8. The lowest BCUT2D eigenvalue weighted by Crippen LogP contribution is -2.46. The molecule has 4 N–H and O–H groups in total. The Hall–Kier alpha value is -3.71. The second-order valence-corrected chi connectivity index (χ2v) is 15.3. The fourth-order valence-corrected chi connectivity index (χ4v) is 7.05. The van der Waals surface area contributed by atoms with Crippen molar-refractivity contribution in [3.63, 3.8) is 0 Å². The molecular weight excluding hydrogens is 620 g/mol. The van der Waals surface area contributed by atoms with Crippen molar-refractivity contribution in [2.45, 2.75) is 83.4 Å². The van der Waals surface area contributed by atoms with Crippen molar-refractivity contribution in [3.05, 3.63) is 36.7 Å². The number of hydrogen-bond donors (Lipinski definition) is 3. The summed E-state index contributed by atoms with van der Waals surface area (Å²) in [5.74, 6) is 1.18. The number of aromatic amines is 1. The van der Waals surface area contributed by atoms with Crippen LogP contribution >= 0.6 is 0 Å². The Balaban J connectivity index is 1.12. The number of nitrogens with two attached hydrogens (primary N) is 1. The van der Waals surface area contributed by atoms with Crippen LogP contribution in [0.1, 0.15) is 65.2 Å². The maximum atomic E-state index is 13.3. The topological polar surface area (TPSA) is 170 Å². The number of hydrogen-bond acceptors (Lipinski definition) is 10. The third kappa shape index (κ3) is 9.01. The first kappa shape index (κ1) is 34.6. The Bertz CT molecular complexity index is 1630. The van der Waals surface area contributed by atoms with Gasteiger partial charge in [0.1, 0.15) is 27.7 Å². The van der Waals surface area contributed by atoms with E-state index in [1.807, 2.05) is 49.2 Å². The van der Waals surface area contributed by atoms with Gasteiger partial charge in [-0.05, 0) is 56.2 Å². The number of nitrogens with zero attached hydrogens (tertiary/aromatic N) is 3. The van der Waals surface area contributed by atoms with E-state index in [1.54, 1.807) is 6.20 Å². The zero-order chi connectivity index (χ0) is 33.6. The number of rotatable bonds is 13. The fourth-order valence-electron chi connectivity index (χ4n) is 6.40. The molecule has 3 aromatic rings. The van der Waals surface area contributed by atoms with Crippen molar-refractivity contribution in [2.75, 3.05) is 37.0 Å². The maximum absolute atomic E-state index is 13.3. The Morgan fingerprint density at radius 1 is 1.13 bits per heavy atom. The molecule has 256 valence electrons. The third-order valence-corrected chi connectivity index (χ3v) is 10.5. The molecule has 47 heavy (non-hydrogen) atoms. The van der Waals surface area contributed by atoms with Crippen molar-refractivity contribution in [1.29, 1.82) is 0 Å². The van der Waals surface area contributed by atoms with Gasteiger partial charge in [0.2, 0.25) is 11.9 Å². The number of H-pyrrole nitrogens is 1. The normalized spacial score (nSPS) is 20.5. The van der Waals surface area contributed by atoms with Crippen LogP contribution in [0.15, 0.2) is 36.7 Å². The molecule has 2 aliphatic rings. The predicted molar refractivity (Wildman–Crippen MR) is 182 cm³/mol. The molecule has 0 radical (unpaired) electrons. The number of anilines is 1. The fraction of sp³-hybridized carbons (Fsp3) is 0.588. The molecule has 0 unspecified atom stereocenters. The quantitative estimate of drug-likeness (QED) is 0.176. The Kier molecular flexibility index (Phi) is 11.4. The lowest BCUT2D eigenvalue weighted by atomic mass is 9.85. The number of fused-ring (bicyclic) bond motifs is 1. The average Bonchev–Trinajstić information content (AvgIpc) is 3.51. The third-order valence-electron chi connectivity index (χ3n) is 9.49. The molecular formula is C34H48N6O6S. The summed E-state index contributed by atoms with van der Waals surface area (Å²) in [6.07, 6.45) is 10.4. The van der Waals surface area contributed by atoms with Gasteiger partial charge in [0.15, 0.2) is 0 Å². The SMILES string of the molecule is CC[C@H](C)[C@@H](N)C(=O)OC1CCN(C(=O)C2CCC(Nc3nccc(-c4c[nH]c5cccc(OCCCS(C)(=O)=O)c45)n3)CC2)CC1. The number of aromatic nitrogens is 3. The van der Waals surface area contributed by atoms with Crippen LogP contribution in [0.5, 0.6) is 5.75 Å². The summed E-state index contributed by atoms with van der Waals surface area (Å²) in [6.45, 7) is 5.44. The van der Waals surface area contributed by atoms with E-state index in [0.717, 1.165) is 54.3 Å². The molecule has 2 fully saturated rings. The van der Waals surface area contributed by atoms with Crippen molar-refractivity contribution >= 4 is 38.6 Å². The monoisotopic (exact) mass is 668 g/mol. The second-order valence-electron chi connectivity index (χ2n) is 13.0. The molecule has 13 heteroatoms. The number of piperidine rings is 1. The smallest absolute Gasteiger partial charge is 0.323 e. The molecule has 1 aliphatic carbocycles. The summed E-state index contributed by atoms with van der Waals surface area (Å²) in [7, 11) is -3.05. The lowest BCUT2D eigenvalue weighted by Gasteiger charge is -2.36. The molecule has 1 amide bonds. The van der Waals surface area contributed by atoms with Gasteiger partial charge in [-0.1, -0.05) is 26.3 Å². The number of sulfone groups is 1. The van der Waals surface area contributed by atoms with Gasteiger partial charge in [0, 0.05) is 67.6 Å². The number of ether oxygens (including phenoxy) is 2. The summed E-state index contributed by atoms with van der Waals surface area (Å²) in [4.78, 5) is 40.2. The van der Waals surface area contributed by atoms with Gasteiger partial charge in [-0.3, -0.25) is 9.59 Å².